The minimum atomic E-state index is -0.673. The number of anilines is 2. The maximum atomic E-state index is 14.2. The number of hydrogen-bond donors (Lipinski definition) is 2. The van der Waals surface area contributed by atoms with Crippen molar-refractivity contribution in [2.45, 2.75) is 0 Å². The van der Waals surface area contributed by atoms with Crippen LogP contribution in [0.1, 0.15) is 0 Å². The lowest BCUT2D eigenvalue weighted by Gasteiger charge is -2.08. The fourth-order valence-electron chi connectivity index (χ4n) is 3.14. The number of imidazole rings is 1. The molecule has 0 radical (unpaired) electrons. The van der Waals surface area contributed by atoms with Gasteiger partial charge in [-0.25, -0.2) is 18.7 Å². The van der Waals surface area contributed by atoms with Gasteiger partial charge in [0.1, 0.15) is 29.0 Å². The molecule has 0 spiro atoms. The second-order valence-electron chi connectivity index (χ2n) is 5.85. The molecule has 0 aliphatic carbocycles. The van der Waals surface area contributed by atoms with Crippen LogP contribution >= 0.6 is 0 Å². The quantitative estimate of drug-likeness (QED) is 0.467. The van der Waals surface area contributed by atoms with Crippen molar-refractivity contribution in [2.75, 3.05) is 5.32 Å². The van der Waals surface area contributed by atoms with E-state index in [0.29, 0.717) is 17.2 Å². The maximum Gasteiger partial charge on any atom is 0.144 e. The molecule has 5 nitrogen and oxygen atoms in total. The Kier molecular flexibility index (Phi) is 3.08. The minimum absolute atomic E-state index is 0.130. The van der Waals surface area contributed by atoms with E-state index in [-0.39, 0.29) is 11.4 Å². The number of rotatable bonds is 1. The number of aromatic amines is 1. The maximum absolute atomic E-state index is 14.2. The molecule has 0 amide bonds. The van der Waals surface area contributed by atoms with Gasteiger partial charge in [0.2, 0.25) is 0 Å². The molecule has 1 aliphatic rings. The van der Waals surface area contributed by atoms with E-state index in [2.05, 4.69) is 25.3 Å². The largest absolute Gasteiger partial charge is 0.338 e. The third kappa shape index (κ3) is 2.10. The Morgan fingerprint density at radius 2 is 1.73 bits per heavy atom. The Balaban J connectivity index is 1.84. The summed E-state index contributed by atoms with van der Waals surface area (Å²) in [5.74, 6) is -0.612. The molecule has 0 atom stereocenters. The van der Waals surface area contributed by atoms with Crippen LogP contribution in [0.2, 0.25) is 0 Å². The standard InChI is InChI=1S/C19H11F2N5/c20-12-4-1-5-13(21)15(12)19-25-16-10-6-8-22-9-14(10)24-18-11(17(16)26-19)3-2-7-23-18/h1-9H,(H,23,24)(H,25,26). The molecule has 7 heteroatoms. The summed E-state index contributed by atoms with van der Waals surface area (Å²) in [6.07, 6.45) is 4.99. The summed E-state index contributed by atoms with van der Waals surface area (Å²) in [7, 11) is 0. The van der Waals surface area contributed by atoms with Crippen molar-refractivity contribution in [3.63, 3.8) is 0 Å². The van der Waals surface area contributed by atoms with Crippen LogP contribution in [-0.2, 0) is 0 Å². The van der Waals surface area contributed by atoms with Gasteiger partial charge in [-0.2, -0.15) is 0 Å². The summed E-state index contributed by atoms with van der Waals surface area (Å²) in [6.45, 7) is 0. The van der Waals surface area contributed by atoms with Gasteiger partial charge >= 0.3 is 0 Å². The molecule has 0 bridgehead atoms. The van der Waals surface area contributed by atoms with Crippen LogP contribution in [0.5, 0.6) is 0 Å². The number of nitrogens with one attached hydrogen (secondary N) is 2. The number of H-pyrrole nitrogens is 1. The van der Waals surface area contributed by atoms with Crippen LogP contribution in [0.4, 0.5) is 20.3 Å². The van der Waals surface area contributed by atoms with Crippen LogP contribution in [0, 0.1) is 11.6 Å². The summed E-state index contributed by atoms with van der Waals surface area (Å²) < 4.78 is 28.5. The summed E-state index contributed by atoms with van der Waals surface area (Å²) >= 11 is 0. The molecular formula is C19H11F2N5. The van der Waals surface area contributed by atoms with Gasteiger partial charge in [0, 0.05) is 23.5 Å². The van der Waals surface area contributed by atoms with E-state index in [1.165, 1.54) is 18.2 Å². The van der Waals surface area contributed by atoms with E-state index < -0.39 is 11.6 Å². The second kappa shape index (κ2) is 5.45. The molecule has 0 saturated carbocycles. The summed E-state index contributed by atoms with van der Waals surface area (Å²) in [5, 5.41) is 3.24. The highest BCUT2D eigenvalue weighted by atomic mass is 19.1. The van der Waals surface area contributed by atoms with Crippen molar-refractivity contribution in [1.82, 2.24) is 19.9 Å². The lowest BCUT2D eigenvalue weighted by Crippen LogP contribution is -1.96. The number of halogens is 2. The molecular weight excluding hydrogens is 336 g/mol. The van der Waals surface area contributed by atoms with Gasteiger partial charge in [0.15, 0.2) is 0 Å². The fraction of sp³-hybridized carbons (Fsp3) is 0. The van der Waals surface area contributed by atoms with Crippen LogP contribution in [0.15, 0.2) is 55.0 Å². The monoisotopic (exact) mass is 347 g/mol. The zero-order chi connectivity index (χ0) is 17.7. The third-order valence-electron chi connectivity index (χ3n) is 4.31. The molecule has 126 valence electrons. The first kappa shape index (κ1) is 14.7. The zero-order valence-electron chi connectivity index (χ0n) is 13.3. The van der Waals surface area contributed by atoms with E-state index in [0.717, 1.165) is 16.8 Å². The van der Waals surface area contributed by atoms with Crippen molar-refractivity contribution in [3.8, 4) is 33.9 Å². The first-order valence-corrected chi connectivity index (χ1v) is 7.93. The molecule has 1 aromatic carbocycles. The summed E-state index contributed by atoms with van der Waals surface area (Å²) in [4.78, 5) is 16.1. The Bertz CT molecular complexity index is 1070. The molecule has 3 aromatic heterocycles. The Morgan fingerprint density at radius 1 is 0.885 bits per heavy atom. The number of benzene rings is 1. The molecule has 2 N–H and O–H groups in total. The number of aromatic nitrogens is 4. The molecule has 26 heavy (non-hydrogen) atoms. The molecule has 0 fully saturated rings. The van der Waals surface area contributed by atoms with E-state index in [1.54, 1.807) is 24.7 Å². The number of pyridine rings is 2. The Morgan fingerprint density at radius 3 is 2.58 bits per heavy atom. The van der Waals surface area contributed by atoms with Gasteiger partial charge in [-0.3, -0.25) is 4.98 Å². The highest BCUT2D eigenvalue weighted by Crippen LogP contribution is 2.43. The van der Waals surface area contributed by atoms with Gasteiger partial charge in [0.05, 0.1) is 23.1 Å². The normalized spacial score (nSPS) is 11.8. The Labute approximate surface area is 146 Å². The molecule has 4 heterocycles. The van der Waals surface area contributed by atoms with Gasteiger partial charge in [0.25, 0.3) is 0 Å². The Hall–Kier alpha value is -3.61. The van der Waals surface area contributed by atoms with E-state index in [4.69, 9.17) is 0 Å². The average Bonchev–Trinajstić information content (AvgIpc) is 3.02. The van der Waals surface area contributed by atoms with Crippen molar-refractivity contribution in [3.05, 3.63) is 66.6 Å². The van der Waals surface area contributed by atoms with Gasteiger partial charge in [-0.05, 0) is 30.3 Å². The van der Waals surface area contributed by atoms with Gasteiger partial charge in [-0.15, -0.1) is 0 Å². The average molecular weight is 347 g/mol. The smallest absolute Gasteiger partial charge is 0.144 e. The molecule has 4 aromatic rings. The lowest BCUT2D eigenvalue weighted by atomic mass is 10.1. The zero-order valence-corrected chi connectivity index (χ0v) is 13.3. The number of hydrogen-bond acceptors (Lipinski definition) is 4. The first-order chi connectivity index (χ1) is 12.7. The molecule has 5 rings (SSSR count). The van der Waals surface area contributed by atoms with Gasteiger partial charge in [-0.1, -0.05) is 6.07 Å². The van der Waals surface area contributed by atoms with Crippen LogP contribution in [0.25, 0.3) is 33.9 Å². The summed E-state index contributed by atoms with van der Waals surface area (Å²) in [6, 6.07) is 9.20. The number of fused-ring (bicyclic) bond motifs is 5. The molecule has 1 aliphatic heterocycles. The highest BCUT2D eigenvalue weighted by Gasteiger charge is 2.25. The topological polar surface area (TPSA) is 66.5 Å². The van der Waals surface area contributed by atoms with Crippen molar-refractivity contribution in [1.29, 1.82) is 0 Å². The van der Waals surface area contributed by atoms with E-state index in [1.807, 2.05) is 12.1 Å². The van der Waals surface area contributed by atoms with Crippen LogP contribution < -0.4 is 5.32 Å². The van der Waals surface area contributed by atoms with Crippen molar-refractivity contribution < 1.29 is 8.78 Å². The predicted molar refractivity (Wildman–Crippen MR) is 93.7 cm³/mol. The highest BCUT2D eigenvalue weighted by molar-refractivity contribution is 5.95. The lowest BCUT2D eigenvalue weighted by molar-refractivity contribution is 0.588. The summed E-state index contributed by atoms with van der Waals surface area (Å²) in [5.41, 5.74) is 3.30. The van der Waals surface area contributed by atoms with Crippen LogP contribution in [-0.4, -0.2) is 19.9 Å². The van der Waals surface area contributed by atoms with Crippen LogP contribution in [0.3, 0.4) is 0 Å². The fourth-order valence-corrected chi connectivity index (χ4v) is 3.14. The first-order valence-electron chi connectivity index (χ1n) is 7.93. The number of nitrogens with zero attached hydrogens (tertiary/aromatic N) is 3. The van der Waals surface area contributed by atoms with Gasteiger partial charge < -0.3 is 10.3 Å². The SMILES string of the molecule is Fc1cccc(F)c1-c1nc2c([nH]1)-c1ccncc1Nc1ncccc1-2. The second-order valence-corrected chi connectivity index (χ2v) is 5.85. The van der Waals surface area contributed by atoms with E-state index >= 15 is 0 Å². The third-order valence-corrected chi connectivity index (χ3v) is 4.31. The van der Waals surface area contributed by atoms with Crippen molar-refractivity contribution >= 4 is 11.5 Å². The molecule has 0 saturated heterocycles. The predicted octanol–water partition coefficient (Wildman–Crippen LogP) is 4.54. The van der Waals surface area contributed by atoms with Crippen molar-refractivity contribution in [2.24, 2.45) is 0 Å². The molecule has 0 unspecified atom stereocenters. The van der Waals surface area contributed by atoms with E-state index in [9.17, 15) is 8.78 Å². The minimum Gasteiger partial charge on any atom is -0.338 e.